The average Bonchev–Trinajstić information content (AvgIpc) is 2.89. The zero-order valence-electron chi connectivity index (χ0n) is 12.1. The fraction of sp³-hybridized carbons (Fsp3) is 0.714. The lowest BCUT2D eigenvalue weighted by Crippen LogP contribution is -2.43. The summed E-state index contributed by atoms with van der Waals surface area (Å²) in [5, 5.41) is 2.62. The van der Waals surface area contributed by atoms with Crippen LogP contribution >= 0.6 is 0 Å². The van der Waals surface area contributed by atoms with Gasteiger partial charge in [-0.25, -0.2) is 18.6 Å². The molecule has 2 heterocycles. The Morgan fingerprint density at radius 2 is 2.10 bits per heavy atom. The van der Waals surface area contributed by atoms with Crippen LogP contribution in [0.15, 0.2) is 6.20 Å². The summed E-state index contributed by atoms with van der Waals surface area (Å²) < 4.78 is 28.6. The van der Waals surface area contributed by atoms with E-state index >= 15 is 0 Å². The third-order valence-electron chi connectivity index (χ3n) is 4.50. The number of hydrogen-bond acceptors (Lipinski definition) is 2. The maximum absolute atomic E-state index is 13.3. The van der Waals surface area contributed by atoms with Gasteiger partial charge in [-0.2, -0.15) is 0 Å². The third-order valence-corrected chi connectivity index (χ3v) is 4.50. The van der Waals surface area contributed by atoms with Crippen molar-refractivity contribution in [3.63, 3.8) is 0 Å². The molecule has 1 aliphatic heterocycles. The van der Waals surface area contributed by atoms with E-state index in [-0.39, 0.29) is 24.8 Å². The predicted molar refractivity (Wildman–Crippen MR) is 73.2 cm³/mol. The molecule has 7 heteroatoms. The number of urea groups is 1. The molecule has 21 heavy (non-hydrogen) atoms. The number of hydrogen-bond donors (Lipinski definition) is 1. The van der Waals surface area contributed by atoms with Crippen molar-refractivity contribution in [1.82, 2.24) is 19.8 Å². The van der Waals surface area contributed by atoms with Crippen LogP contribution in [0.25, 0.3) is 0 Å². The Morgan fingerprint density at radius 3 is 2.76 bits per heavy atom. The van der Waals surface area contributed by atoms with E-state index in [0.29, 0.717) is 32.5 Å². The second kappa shape index (κ2) is 5.27. The molecule has 1 fully saturated rings. The van der Waals surface area contributed by atoms with Gasteiger partial charge in [-0.3, -0.25) is 0 Å². The van der Waals surface area contributed by atoms with Gasteiger partial charge >= 0.3 is 6.03 Å². The number of alkyl halides is 2. The topological polar surface area (TPSA) is 50.2 Å². The second-order valence-corrected chi connectivity index (χ2v) is 5.87. The van der Waals surface area contributed by atoms with Gasteiger partial charge in [-0.1, -0.05) is 0 Å². The number of imidazole rings is 1. The minimum absolute atomic E-state index is 0.0514. The smallest absolute Gasteiger partial charge is 0.317 e. The summed E-state index contributed by atoms with van der Waals surface area (Å²) in [6, 6.07) is -0.0960. The van der Waals surface area contributed by atoms with Crippen LogP contribution in [0.5, 0.6) is 0 Å². The fourth-order valence-electron chi connectivity index (χ4n) is 3.26. The summed E-state index contributed by atoms with van der Waals surface area (Å²) in [6.45, 7) is 1.83. The number of carbonyl (C=O) groups is 1. The zero-order chi connectivity index (χ0) is 15.0. The molecule has 0 saturated heterocycles. The summed E-state index contributed by atoms with van der Waals surface area (Å²) >= 11 is 0. The molecule has 1 aromatic rings. The number of aromatic nitrogens is 2. The quantitative estimate of drug-likeness (QED) is 0.865. The van der Waals surface area contributed by atoms with Crippen LogP contribution in [-0.4, -0.2) is 40.0 Å². The maximum atomic E-state index is 13.3. The highest BCUT2D eigenvalue weighted by atomic mass is 19.3. The Hall–Kier alpha value is -1.66. The minimum atomic E-state index is -2.51. The number of carbonyl (C=O) groups excluding carboxylic acids is 1. The molecular formula is C14H20F2N4O. The molecule has 0 unspecified atom stereocenters. The van der Waals surface area contributed by atoms with E-state index in [9.17, 15) is 13.6 Å². The van der Waals surface area contributed by atoms with E-state index < -0.39 is 5.92 Å². The SMILES string of the molecule is CNC(=O)N1CCn2c(cnc2C2CCC(F)(F)CC2)C1. The normalized spacial score (nSPS) is 22.0. The van der Waals surface area contributed by atoms with E-state index in [1.54, 1.807) is 18.1 Å². The number of amides is 2. The second-order valence-electron chi connectivity index (χ2n) is 5.87. The summed E-state index contributed by atoms with van der Waals surface area (Å²) in [5.41, 5.74) is 0.984. The van der Waals surface area contributed by atoms with Crippen molar-refractivity contribution in [2.24, 2.45) is 0 Å². The van der Waals surface area contributed by atoms with Crippen molar-refractivity contribution >= 4 is 6.03 Å². The van der Waals surface area contributed by atoms with Crippen LogP contribution in [0, 0.1) is 0 Å². The molecule has 2 amide bonds. The minimum Gasteiger partial charge on any atom is -0.341 e. The van der Waals surface area contributed by atoms with Crippen LogP contribution in [0.1, 0.15) is 43.1 Å². The van der Waals surface area contributed by atoms with Crippen molar-refractivity contribution in [3.05, 3.63) is 17.7 Å². The monoisotopic (exact) mass is 298 g/mol. The molecule has 0 radical (unpaired) electrons. The first-order valence-corrected chi connectivity index (χ1v) is 7.39. The molecule has 1 aromatic heterocycles. The summed E-state index contributed by atoms with van der Waals surface area (Å²) in [4.78, 5) is 17.8. The highest BCUT2D eigenvalue weighted by Crippen LogP contribution is 2.40. The summed E-state index contributed by atoms with van der Waals surface area (Å²) in [7, 11) is 1.61. The number of rotatable bonds is 1. The van der Waals surface area contributed by atoms with Crippen molar-refractivity contribution in [1.29, 1.82) is 0 Å². The first kappa shape index (κ1) is 14.3. The van der Waals surface area contributed by atoms with Gasteiger partial charge < -0.3 is 14.8 Å². The predicted octanol–water partition coefficient (Wildman–Crippen LogP) is 2.33. The summed E-state index contributed by atoms with van der Waals surface area (Å²) in [5.74, 6) is -1.48. The largest absolute Gasteiger partial charge is 0.341 e. The van der Waals surface area contributed by atoms with Crippen molar-refractivity contribution in [3.8, 4) is 0 Å². The number of halogens is 2. The Bertz CT molecular complexity index is 533. The van der Waals surface area contributed by atoms with Gasteiger partial charge in [0.25, 0.3) is 0 Å². The molecule has 116 valence electrons. The van der Waals surface area contributed by atoms with Gasteiger partial charge in [-0.15, -0.1) is 0 Å². The third kappa shape index (κ3) is 2.73. The van der Waals surface area contributed by atoms with Crippen LogP contribution in [-0.2, 0) is 13.1 Å². The lowest BCUT2D eigenvalue weighted by Gasteiger charge is -2.32. The van der Waals surface area contributed by atoms with Gasteiger partial charge in [0.1, 0.15) is 5.82 Å². The molecule has 0 aromatic carbocycles. The number of nitrogens with one attached hydrogen (secondary N) is 1. The Kier molecular flexibility index (Phi) is 3.59. The van der Waals surface area contributed by atoms with Gasteiger partial charge in [-0.05, 0) is 12.8 Å². The fourth-order valence-corrected chi connectivity index (χ4v) is 3.26. The average molecular weight is 298 g/mol. The van der Waals surface area contributed by atoms with Crippen LogP contribution in [0.3, 0.4) is 0 Å². The van der Waals surface area contributed by atoms with Crippen LogP contribution in [0.4, 0.5) is 13.6 Å². The zero-order valence-corrected chi connectivity index (χ0v) is 12.1. The van der Waals surface area contributed by atoms with Gasteiger partial charge in [0, 0.05) is 38.9 Å². The van der Waals surface area contributed by atoms with E-state index in [1.807, 2.05) is 0 Å². The first-order valence-electron chi connectivity index (χ1n) is 7.39. The highest BCUT2D eigenvalue weighted by Gasteiger charge is 2.37. The molecule has 0 atom stereocenters. The first-order chi connectivity index (χ1) is 10.00. The standard InChI is InChI=1S/C14H20F2N4O/c1-17-13(21)19-6-7-20-11(9-19)8-18-12(20)10-2-4-14(15,16)5-3-10/h8,10H,2-7,9H2,1H3,(H,17,21). The highest BCUT2D eigenvalue weighted by molar-refractivity contribution is 5.73. The van der Waals surface area contributed by atoms with E-state index in [2.05, 4.69) is 14.9 Å². The molecule has 1 saturated carbocycles. The molecule has 0 spiro atoms. The van der Waals surface area contributed by atoms with E-state index in [1.165, 1.54) is 0 Å². The lowest BCUT2D eigenvalue weighted by atomic mass is 9.86. The van der Waals surface area contributed by atoms with Gasteiger partial charge in [0.15, 0.2) is 0 Å². The molecule has 1 aliphatic carbocycles. The van der Waals surface area contributed by atoms with Crippen molar-refractivity contribution < 1.29 is 13.6 Å². The lowest BCUT2D eigenvalue weighted by molar-refractivity contribution is -0.0390. The van der Waals surface area contributed by atoms with Crippen LogP contribution < -0.4 is 5.32 Å². The molecular weight excluding hydrogens is 278 g/mol. The number of fused-ring (bicyclic) bond motifs is 1. The Labute approximate surface area is 122 Å². The Balaban J connectivity index is 1.73. The molecule has 5 nitrogen and oxygen atoms in total. The van der Waals surface area contributed by atoms with Crippen LogP contribution in [0.2, 0.25) is 0 Å². The van der Waals surface area contributed by atoms with Gasteiger partial charge in [0.2, 0.25) is 5.92 Å². The molecule has 0 bridgehead atoms. The van der Waals surface area contributed by atoms with E-state index in [4.69, 9.17) is 0 Å². The molecule has 2 aliphatic rings. The van der Waals surface area contributed by atoms with E-state index in [0.717, 1.165) is 11.5 Å². The van der Waals surface area contributed by atoms with Gasteiger partial charge in [0.05, 0.1) is 18.4 Å². The number of nitrogens with zero attached hydrogens (tertiary/aromatic N) is 3. The molecule has 3 rings (SSSR count). The molecule has 1 N–H and O–H groups in total. The van der Waals surface area contributed by atoms with Crippen molar-refractivity contribution in [2.75, 3.05) is 13.6 Å². The van der Waals surface area contributed by atoms with Crippen molar-refractivity contribution in [2.45, 2.75) is 50.6 Å². The summed E-state index contributed by atoms with van der Waals surface area (Å²) in [6.07, 6.45) is 2.65. The maximum Gasteiger partial charge on any atom is 0.317 e. The Morgan fingerprint density at radius 1 is 1.38 bits per heavy atom.